The second-order valence-electron chi connectivity index (χ2n) is 25.4. The van der Waals surface area contributed by atoms with Crippen LogP contribution in [-0.2, 0) is 4.79 Å². The molecule has 0 aromatic rings. The largest absolute Gasteiger partial charge is 0.394 e. The minimum absolute atomic E-state index is 0.0525. The first-order valence-electron chi connectivity index (χ1n) is 36.4. The van der Waals surface area contributed by atoms with Gasteiger partial charge in [-0.3, -0.25) is 4.79 Å². The van der Waals surface area contributed by atoms with Crippen LogP contribution in [0.5, 0.6) is 0 Å². The van der Waals surface area contributed by atoms with Gasteiger partial charge < -0.3 is 15.5 Å². The summed E-state index contributed by atoms with van der Waals surface area (Å²) in [7, 11) is 0. The van der Waals surface area contributed by atoms with Gasteiger partial charge in [0.2, 0.25) is 5.91 Å². The molecule has 0 radical (unpaired) electrons. The van der Waals surface area contributed by atoms with E-state index in [1.807, 2.05) is 6.08 Å². The second-order valence-corrected chi connectivity index (χ2v) is 25.4. The van der Waals surface area contributed by atoms with Crippen LogP contribution in [0.15, 0.2) is 12.2 Å². The maximum Gasteiger partial charge on any atom is 0.220 e. The van der Waals surface area contributed by atoms with Crippen molar-refractivity contribution in [3.63, 3.8) is 0 Å². The molecule has 3 N–H and O–H groups in total. The van der Waals surface area contributed by atoms with E-state index in [0.717, 1.165) is 25.7 Å². The molecule has 4 heteroatoms. The van der Waals surface area contributed by atoms with E-state index in [1.165, 1.54) is 385 Å². The number of carbonyl (C=O) groups excluding carboxylic acids is 1. The third kappa shape index (κ3) is 65.8. The van der Waals surface area contributed by atoms with Gasteiger partial charge in [0, 0.05) is 6.42 Å². The standard InChI is InChI=1S/C73H145NO3/c1-3-5-7-9-11-13-15-17-19-21-23-25-27-29-31-33-35-36-37-39-41-43-45-47-49-51-53-55-57-59-61-63-65-67-69-73(77)74-71(70-75)72(76)68-66-64-62-60-58-56-54-52-50-48-46-44-42-40-38-34-32-30-28-26-24-22-20-18-16-14-12-10-8-6-4-2/h66,68,71-72,75-76H,3-65,67,69-70H2,1-2H3,(H,74,77)/b68-66+. The molecule has 0 aliphatic heterocycles. The van der Waals surface area contributed by atoms with Crippen LogP contribution in [0.2, 0.25) is 0 Å². The molecule has 0 aromatic heterocycles. The Morgan fingerprint density at radius 1 is 0.299 bits per heavy atom. The minimum Gasteiger partial charge on any atom is -0.394 e. The lowest BCUT2D eigenvalue weighted by Crippen LogP contribution is -2.45. The van der Waals surface area contributed by atoms with E-state index in [0.29, 0.717) is 6.42 Å². The molecular formula is C73H145NO3. The molecule has 4 nitrogen and oxygen atoms in total. The normalized spacial score (nSPS) is 12.6. The van der Waals surface area contributed by atoms with Crippen LogP contribution in [-0.4, -0.2) is 34.9 Å². The lowest BCUT2D eigenvalue weighted by atomic mass is 10.0. The molecule has 0 rings (SSSR count). The SMILES string of the molecule is CCCCCCCCCCCCCCCCCCCCCCCCCCCCCCC/C=C/C(O)C(CO)NC(=O)CCCCCCCCCCCCCCCCCCCCCCCCCCCCCCCCCCCC. The van der Waals surface area contributed by atoms with E-state index in [4.69, 9.17) is 0 Å². The molecule has 0 saturated heterocycles. The third-order valence-electron chi connectivity index (χ3n) is 17.5. The summed E-state index contributed by atoms with van der Waals surface area (Å²) in [6.45, 7) is 4.37. The third-order valence-corrected chi connectivity index (χ3v) is 17.5. The lowest BCUT2D eigenvalue weighted by Gasteiger charge is -2.20. The van der Waals surface area contributed by atoms with Crippen LogP contribution in [0.25, 0.3) is 0 Å². The molecule has 2 atom stereocenters. The smallest absolute Gasteiger partial charge is 0.220 e. The van der Waals surface area contributed by atoms with Gasteiger partial charge in [0.1, 0.15) is 0 Å². The molecule has 0 heterocycles. The van der Waals surface area contributed by atoms with Crippen LogP contribution in [0.4, 0.5) is 0 Å². The molecule has 0 aliphatic rings. The number of nitrogens with one attached hydrogen (secondary N) is 1. The molecule has 1 amide bonds. The van der Waals surface area contributed by atoms with E-state index in [-0.39, 0.29) is 12.5 Å². The molecule has 0 aliphatic carbocycles. The highest BCUT2D eigenvalue weighted by Gasteiger charge is 2.18. The van der Waals surface area contributed by atoms with Crippen molar-refractivity contribution in [1.82, 2.24) is 5.32 Å². The van der Waals surface area contributed by atoms with Crippen LogP contribution >= 0.6 is 0 Å². The number of hydrogen-bond acceptors (Lipinski definition) is 3. The van der Waals surface area contributed by atoms with Crippen molar-refractivity contribution < 1.29 is 15.0 Å². The molecule has 0 aromatic carbocycles. The summed E-state index contributed by atoms with van der Waals surface area (Å²) in [6, 6.07) is -0.620. The number of unbranched alkanes of at least 4 members (excludes halogenated alkanes) is 62. The number of aliphatic hydroxyl groups excluding tert-OH is 2. The number of aliphatic hydroxyl groups is 2. The Bertz CT molecular complexity index is 1090. The van der Waals surface area contributed by atoms with Gasteiger partial charge in [-0.05, 0) is 19.3 Å². The zero-order valence-corrected chi connectivity index (χ0v) is 53.3. The fourth-order valence-electron chi connectivity index (χ4n) is 12.0. The van der Waals surface area contributed by atoms with Crippen LogP contribution < -0.4 is 5.32 Å². The summed E-state index contributed by atoms with van der Waals surface area (Å²) in [5.41, 5.74) is 0. The molecule has 2 unspecified atom stereocenters. The topological polar surface area (TPSA) is 69.6 Å². The zero-order valence-electron chi connectivity index (χ0n) is 53.3. The molecular weight excluding hydrogens is 939 g/mol. The highest BCUT2D eigenvalue weighted by molar-refractivity contribution is 5.76. The highest BCUT2D eigenvalue weighted by Crippen LogP contribution is 2.20. The molecule has 0 saturated carbocycles. The Morgan fingerprint density at radius 2 is 0.481 bits per heavy atom. The van der Waals surface area contributed by atoms with Crippen molar-refractivity contribution in [1.29, 1.82) is 0 Å². The quantitative estimate of drug-likeness (QED) is 0.0420. The zero-order chi connectivity index (χ0) is 55.5. The Hall–Kier alpha value is -0.870. The fraction of sp³-hybridized carbons (Fsp3) is 0.959. The summed E-state index contributed by atoms with van der Waals surface area (Å²) in [6.07, 6.45) is 93.3. The number of rotatable bonds is 69. The van der Waals surface area contributed by atoms with Gasteiger partial charge in [-0.15, -0.1) is 0 Å². The van der Waals surface area contributed by atoms with E-state index in [1.54, 1.807) is 6.08 Å². The van der Waals surface area contributed by atoms with Gasteiger partial charge in [-0.1, -0.05) is 418 Å². The van der Waals surface area contributed by atoms with Crippen LogP contribution in [0, 0.1) is 0 Å². The molecule has 0 spiro atoms. The first-order valence-corrected chi connectivity index (χ1v) is 36.4. The molecule has 0 bridgehead atoms. The van der Waals surface area contributed by atoms with Crippen molar-refractivity contribution in [2.45, 2.75) is 443 Å². The van der Waals surface area contributed by atoms with Gasteiger partial charge >= 0.3 is 0 Å². The Morgan fingerprint density at radius 3 is 0.675 bits per heavy atom. The number of carbonyl (C=O) groups is 1. The summed E-state index contributed by atoms with van der Waals surface area (Å²) >= 11 is 0. The number of hydrogen-bond donors (Lipinski definition) is 3. The highest BCUT2D eigenvalue weighted by atomic mass is 16.3. The Kier molecular flexibility index (Phi) is 68.6. The summed E-state index contributed by atoms with van der Waals surface area (Å²) in [5, 5.41) is 23.3. The van der Waals surface area contributed by atoms with Gasteiger partial charge in [0.25, 0.3) is 0 Å². The van der Waals surface area contributed by atoms with Crippen molar-refractivity contribution in [2.75, 3.05) is 6.61 Å². The van der Waals surface area contributed by atoms with E-state index >= 15 is 0 Å². The number of allylic oxidation sites excluding steroid dienone is 1. The van der Waals surface area contributed by atoms with Crippen LogP contribution in [0.3, 0.4) is 0 Å². The molecule has 0 fully saturated rings. The van der Waals surface area contributed by atoms with Gasteiger partial charge in [0.05, 0.1) is 18.8 Å². The van der Waals surface area contributed by atoms with E-state index in [9.17, 15) is 15.0 Å². The Labute approximate surface area is 486 Å². The average Bonchev–Trinajstić information content (AvgIpc) is 3.43. The first-order chi connectivity index (χ1) is 38.2. The van der Waals surface area contributed by atoms with Crippen molar-refractivity contribution in [3.05, 3.63) is 12.2 Å². The molecule has 77 heavy (non-hydrogen) atoms. The maximum absolute atomic E-state index is 12.5. The fourth-order valence-corrected chi connectivity index (χ4v) is 12.0. The summed E-state index contributed by atoms with van der Waals surface area (Å²) in [4.78, 5) is 12.5. The van der Waals surface area contributed by atoms with Crippen molar-refractivity contribution in [2.24, 2.45) is 0 Å². The summed E-state index contributed by atoms with van der Waals surface area (Å²) < 4.78 is 0. The van der Waals surface area contributed by atoms with E-state index < -0.39 is 12.1 Å². The van der Waals surface area contributed by atoms with E-state index in [2.05, 4.69) is 19.2 Å². The van der Waals surface area contributed by atoms with Crippen LogP contribution in [0.1, 0.15) is 431 Å². The first kappa shape index (κ1) is 76.1. The maximum atomic E-state index is 12.5. The minimum atomic E-state index is -0.837. The monoisotopic (exact) mass is 1080 g/mol. The number of amides is 1. The van der Waals surface area contributed by atoms with Gasteiger partial charge in [-0.25, -0.2) is 0 Å². The molecule has 460 valence electrons. The van der Waals surface area contributed by atoms with Crippen molar-refractivity contribution >= 4 is 5.91 Å². The summed E-state index contributed by atoms with van der Waals surface area (Å²) in [5.74, 6) is -0.0525. The predicted octanol–water partition coefficient (Wildman–Crippen LogP) is 24.8. The van der Waals surface area contributed by atoms with Crippen molar-refractivity contribution in [3.8, 4) is 0 Å². The second kappa shape index (κ2) is 69.4. The van der Waals surface area contributed by atoms with Gasteiger partial charge in [0.15, 0.2) is 0 Å². The van der Waals surface area contributed by atoms with Gasteiger partial charge in [-0.2, -0.15) is 0 Å². The lowest BCUT2D eigenvalue weighted by molar-refractivity contribution is -0.123. The average molecular weight is 1080 g/mol. The predicted molar refractivity (Wildman–Crippen MR) is 346 cm³/mol. The Balaban J connectivity index is 3.38.